The summed E-state index contributed by atoms with van der Waals surface area (Å²) in [7, 11) is 0. The number of ether oxygens (including phenoxy) is 1. The van der Waals surface area contributed by atoms with Crippen molar-refractivity contribution in [2.24, 2.45) is 11.8 Å². The van der Waals surface area contributed by atoms with Crippen molar-refractivity contribution in [2.75, 3.05) is 32.8 Å². The van der Waals surface area contributed by atoms with Crippen LogP contribution in [0.3, 0.4) is 0 Å². The van der Waals surface area contributed by atoms with Gasteiger partial charge in [-0.2, -0.15) is 0 Å². The Morgan fingerprint density at radius 1 is 1.04 bits per heavy atom. The van der Waals surface area contributed by atoms with Gasteiger partial charge in [0, 0.05) is 26.2 Å². The average molecular weight is 349 g/mol. The van der Waals surface area contributed by atoms with E-state index in [0.29, 0.717) is 45.7 Å². The molecule has 1 aliphatic carbocycles. The summed E-state index contributed by atoms with van der Waals surface area (Å²) in [5.41, 5.74) is -0.507. The molecule has 3 aliphatic rings. The lowest BCUT2D eigenvalue weighted by Crippen LogP contribution is -2.53. The first-order valence-corrected chi connectivity index (χ1v) is 8.97. The minimum atomic E-state index is -0.507. The molecule has 0 aromatic rings. The minimum absolute atomic E-state index is 0.0473. The van der Waals surface area contributed by atoms with E-state index in [1.54, 1.807) is 4.90 Å². The summed E-state index contributed by atoms with van der Waals surface area (Å²) >= 11 is 0. The predicted molar refractivity (Wildman–Crippen MR) is 91.5 cm³/mol. The van der Waals surface area contributed by atoms with E-state index in [4.69, 9.17) is 4.74 Å². The van der Waals surface area contributed by atoms with Crippen LogP contribution in [0.4, 0.5) is 4.79 Å². The molecule has 7 heteroatoms. The lowest BCUT2D eigenvalue weighted by molar-refractivity contribution is -0.142. The molecule has 0 aromatic heterocycles. The SMILES string of the molecule is CC(C)(C)OC(=O)N1CCN(CN2C(=O)[C@H]3CC=CC[C@H]3C2=O)CC1. The molecule has 0 spiro atoms. The van der Waals surface area contributed by atoms with Crippen LogP contribution in [-0.2, 0) is 14.3 Å². The summed E-state index contributed by atoms with van der Waals surface area (Å²) in [6.07, 6.45) is 5.01. The predicted octanol–water partition coefficient (Wildman–Crippen LogP) is 1.45. The number of hydrogen-bond donors (Lipinski definition) is 0. The molecule has 0 bridgehead atoms. The summed E-state index contributed by atoms with van der Waals surface area (Å²) in [5, 5.41) is 0. The van der Waals surface area contributed by atoms with Crippen molar-refractivity contribution in [3.05, 3.63) is 12.2 Å². The molecule has 25 heavy (non-hydrogen) atoms. The Labute approximate surface area is 148 Å². The van der Waals surface area contributed by atoms with Gasteiger partial charge in [0.2, 0.25) is 11.8 Å². The van der Waals surface area contributed by atoms with Gasteiger partial charge in [-0.3, -0.25) is 19.4 Å². The first kappa shape index (κ1) is 17.9. The van der Waals surface area contributed by atoms with Crippen LogP contribution in [0, 0.1) is 11.8 Å². The molecular formula is C18H27N3O4. The lowest BCUT2D eigenvalue weighted by atomic mass is 9.85. The zero-order valence-electron chi connectivity index (χ0n) is 15.2. The zero-order chi connectivity index (χ0) is 18.2. The highest BCUT2D eigenvalue weighted by atomic mass is 16.6. The third-order valence-corrected chi connectivity index (χ3v) is 4.96. The van der Waals surface area contributed by atoms with Crippen molar-refractivity contribution >= 4 is 17.9 Å². The Morgan fingerprint density at radius 3 is 2.04 bits per heavy atom. The molecular weight excluding hydrogens is 322 g/mol. The highest BCUT2D eigenvalue weighted by molar-refractivity contribution is 6.05. The largest absolute Gasteiger partial charge is 0.444 e. The highest BCUT2D eigenvalue weighted by Gasteiger charge is 2.47. The van der Waals surface area contributed by atoms with E-state index in [0.717, 1.165) is 0 Å². The second-order valence-corrected chi connectivity index (χ2v) is 7.99. The molecule has 2 heterocycles. The summed E-state index contributed by atoms with van der Waals surface area (Å²) in [6, 6.07) is 0. The molecule has 2 fully saturated rings. The monoisotopic (exact) mass is 349 g/mol. The third-order valence-electron chi connectivity index (χ3n) is 4.96. The molecule has 0 saturated carbocycles. The smallest absolute Gasteiger partial charge is 0.410 e. The molecule has 2 atom stereocenters. The van der Waals surface area contributed by atoms with E-state index in [1.807, 2.05) is 32.9 Å². The van der Waals surface area contributed by atoms with Crippen molar-refractivity contribution in [3.63, 3.8) is 0 Å². The van der Waals surface area contributed by atoms with Gasteiger partial charge in [0.25, 0.3) is 0 Å². The van der Waals surface area contributed by atoms with Gasteiger partial charge in [0.15, 0.2) is 0 Å². The van der Waals surface area contributed by atoms with Gasteiger partial charge >= 0.3 is 6.09 Å². The standard InChI is InChI=1S/C18H27N3O4/c1-18(2,3)25-17(24)20-10-8-19(9-11-20)12-21-15(22)13-6-4-5-7-14(13)16(21)23/h4-5,13-14H,6-12H2,1-3H3/t13-,14+. The maximum absolute atomic E-state index is 12.5. The second kappa shape index (κ2) is 6.78. The zero-order valence-corrected chi connectivity index (χ0v) is 15.2. The third kappa shape index (κ3) is 3.86. The fraction of sp³-hybridized carbons (Fsp3) is 0.722. The fourth-order valence-electron chi connectivity index (χ4n) is 3.61. The molecule has 2 aliphatic heterocycles. The molecule has 138 valence electrons. The van der Waals surface area contributed by atoms with Crippen LogP contribution in [0.2, 0.25) is 0 Å². The summed E-state index contributed by atoms with van der Waals surface area (Å²) in [6.45, 7) is 8.21. The van der Waals surface area contributed by atoms with Crippen molar-refractivity contribution in [1.82, 2.24) is 14.7 Å². The molecule has 3 rings (SSSR count). The van der Waals surface area contributed by atoms with Gasteiger partial charge in [0.05, 0.1) is 18.5 Å². The number of amides is 3. The molecule has 0 aromatic carbocycles. The molecule has 2 saturated heterocycles. The lowest BCUT2D eigenvalue weighted by Gasteiger charge is -2.36. The van der Waals surface area contributed by atoms with E-state index < -0.39 is 5.60 Å². The van der Waals surface area contributed by atoms with E-state index in [9.17, 15) is 14.4 Å². The Hall–Kier alpha value is -1.89. The second-order valence-electron chi connectivity index (χ2n) is 7.99. The van der Waals surface area contributed by atoms with Gasteiger partial charge in [-0.05, 0) is 33.6 Å². The minimum Gasteiger partial charge on any atom is -0.444 e. The molecule has 0 unspecified atom stereocenters. The van der Waals surface area contributed by atoms with Gasteiger partial charge in [-0.15, -0.1) is 0 Å². The van der Waals surface area contributed by atoms with Crippen molar-refractivity contribution in [2.45, 2.75) is 39.2 Å². The number of allylic oxidation sites excluding steroid dienone is 2. The normalized spacial score (nSPS) is 27.6. The molecule has 0 N–H and O–H groups in total. The van der Waals surface area contributed by atoms with Crippen molar-refractivity contribution in [1.29, 1.82) is 0 Å². The van der Waals surface area contributed by atoms with Gasteiger partial charge in [0.1, 0.15) is 5.60 Å². The number of nitrogens with zero attached hydrogens (tertiary/aromatic N) is 3. The maximum Gasteiger partial charge on any atom is 0.410 e. The molecule has 0 radical (unpaired) electrons. The summed E-state index contributed by atoms with van der Waals surface area (Å²) in [5.74, 6) is -0.455. The van der Waals surface area contributed by atoms with Crippen LogP contribution < -0.4 is 0 Å². The number of carbonyl (C=O) groups excluding carboxylic acids is 3. The van der Waals surface area contributed by atoms with Crippen LogP contribution in [0.1, 0.15) is 33.6 Å². The Kier molecular flexibility index (Phi) is 4.86. The highest BCUT2D eigenvalue weighted by Crippen LogP contribution is 2.35. The van der Waals surface area contributed by atoms with Crippen LogP contribution in [0.15, 0.2) is 12.2 Å². The number of piperazine rings is 1. The first-order valence-electron chi connectivity index (χ1n) is 8.97. The van der Waals surface area contributed by atoms with Crippen LogP contribution in [-0.4, -0.2) is 71.1 Å². The average Bonchev–Trinajstić information content (AvgIpc) is 2.79. The Balaban J connectivity index is 1.52. The number of rotatable bonds is 2. The van der Waals surface area contributed by atoms with Crippen LogP contribution >= 0.6 is 0 Å². The number of imide groups is 1. The van der Waals surface area contributed by atoms with Crippen molar-refractivity contribution < 1.29 is 19.1 Å². The fourth-order valence-corrected chi connectivity index (χ4v) is 3.61. The van der Waals surface area contributed by atoms with Gasteiger partial charge in [-0.25, -0.2) is 4.79 Å². The number of fused-ring (bicyclic) bond motifs is 1. The number of likely N-dealkylation sites (tertiary alicyclic amines) is 1. The topological polar surface area (TPSA) is 70.2 Å². The Morgan fingerprint density at radius 2 is 1.56 bits per heavy atom. The summed E-state index contributed by atoms with van der Waals surface area (Å²) < 4.78 is 5.39. The van der Waals surface area contributed by atoms with E-state index in [-0.39, 0.29) is 29.7 Å². The van der Waals surface area contributed by atoms with Crippen molar-refractivity contribution in [3.8, 4) is 0 Å². The van der Waals surface area contributed by atoms with E-state index in [2.05, 4.69) is 4.90 Å². The molecule has 3 amide bonds. The number of hydrogen-bond acceptors (Lipinski definition) is 5. The quantitative estimate of drug-likeness (QED) is 0.557. The van der Waals surface area contributed by atoms with Gasteiger partial charge < -0.3 is 9.64 Å². The van der Waals surface area contributed by atoms with E-state index >= 15 is 0 Å². The van der Waals surface area contributed by atoms with E-state index in [1.165, 1.54) is 4.90 Å². The van der Waals surface area contributed by atoms with Crippen LogP contribution in [0.25, 0.3) is 0 Å². The molecule has 7 nitrogen and oxygen atoms in total. The maximum atomic E-state index is 12.5. The summed E-state index contributed by atoms with van der Waals surface area (Å²) in [4.78, 5) is 42.3. The van der Waals surface area contributed by atoms with Gasteiger partial charge in [-0.1, -0.05) is 12.2 Å². The van der Waals surface area contributed by atoms with Crippen LogP contribution in [0.5, 0.6) is 0 Å². The number of carbonyl (C=O) groups is 3. The first-order chi connectivity index (χ1) is 11.8. The Bertz CT molecular complexity index is 562.